The van der Waals surface area contributed by atoms with Crippen molar-refractivity contribution in [3.8, 4) is 6.07 Å². The first-order valence-electron chi connectivity index (χ1n) is 5.53. The van der Waals surface area contributed by atoms with Crippen LogP contribution in [0.4, 0.5) is 17.2 Å². The van der Waals surface area contributed by atoms with Gasteiger partial charge in [-0.2, -0.15) is 5.26 Å². The number of rotatable bonds is 3. The number of carbonyl (C=O) groups is 1. The van der Waals surface area contributed by atoms with Crippen LogP contribution in [0.15, 0.2) is 30.5 Å². The molecule has 0 fully saturated rings. The fourth-order valence-electron chi connectivity index (χ4n) is 1.60. The summed E-state index contributed by atoms with van der Waals surface area (Å²) in [5.74, 6) is -0.314. The Kier molecular flexibility index (Phi) is 3.73. The average molecular weight is 288 g/mol. The first kappa shape index (κ1) is 13.6. The van der Waals surface area contributed by atoms with E-state index in [0.717, 1.165) is 0 Å². The van der Waals surface area contributed by atoms with Crippen LogP contribution < -0.4 is 16.8 Å². The van der Waals surface area contributed by atoms with E-state index in [9.17, 15) is 4.79 Å². The van der Waals surface area contributed by atoms with Crippen LogP contribution in [0.3, 0.4) is 0 Å². The number of nitrogens with zero attached hydrogens (tertiary/aromatic N) is 2. The summed E-state index contributed by atoms with van der Waals surface area (Å²) in [5.41, 5.74) is 12.0. The van der Waals surface area contributed by atoms with E-state index in [1.807, 2.05) is 6.07 Å². The van der Waals surface area contributed by atoms with Gasteiger partial charge in [-0.05, 0) is 24.3 Å². The molecule has 0 unspecified atom stereocenters. The van der Waals surface area contributed by atoms with Crippen LogP contribution in [0.2, 0.25) is 5.02 Å². The van der Waals surface area contributed by atoms with Crippen LogP contribution in [0.5, 0.6) is 0 Å². The molecule has 5 N–H and O–H groups in total. The van der Waals surface area contributed by atoms with E-state index >= 15 is 0 Å². The SMILES string of the molecule is N#Cc1ccc(Cl)cc1Nc1cc(C(N)=O)c(N)cn1. The molecule has 100 valence electrons. The molecule has 1 amide bonds. The number of pyridine rings is 1. The van der Waals surface area contributed by atoms with E-state index in [0.29, 0.717) is 22.1 Å². The summed E-state index contributed by atoms with van der Waals surface area (Å²) in [6, 6.07) is 8.22. The molecule has 0 bridgehead atoms. The standard InChI is InChI=1S/C13H10ClN5O/c14-8-2-1-7(5-15)11(3-8)19-12-4-9(13(17)20)10(16)6-18-12/h1-4,6H,16H2,(H2,17,20)(H,18,19). The number of nitriles is 1. The number of anilines is 3. The van der Waals surface area contributed by atoms with Crippen LogP contribution in [-0.2, 0) is 0 Å². The molecule has 2 aromatic rings. The van der Waals surface area contributed by atoms with E-state index in [1.165, 1.54) is 12.3 Å². The summed E-state index contributed by atoms with van der Waals surface area (Å²) in [6.07, 6.45) is 1.32. The molecule has 1 aromatic carbocycles. The normalized spacial score (nSPS) is 9.80. The van der Waals surface area contributed by atoms with Crippen molar-refractivity contribution in [2.45, 2.75) is 0 Å². The summed E-state index contributed by atoms with van der Waals surface area (Å²) >= 11 is 5.88. The van der Waals surface area contributed by atoms with E-state index in [-0.39, 0.29) is 11.3 Å². The number of hydrogen-bond donors (Lipinski definition) is 3. The molecule has 0 spiro atoms. The highest BCUT2D eigenvalue weighted by molar-refractivity contribution is 6.30. The molecular formula is C13H10ClN5O. The molecule has 6 nitrogen and oxygen atoms in total. The van der Waals surface area contributed by atoms with Crippen LogP contribution in [0.25, 0.3) is 0 Å². The smallest absolute Gasteiger partial charge is 0.250 e. The Labute approximate surface area is 120 Å². The highest BCUT2D eigenvalue weighted by Crippen LogP contribution is 2.24. The third-order valence-corrected chi connectivity index (χ3v) is 2.80. The minimum atomic E-state index is -0.653. The molecule has 1 aromatic heterocycles. The average Bonchev–Trinajstić information content (AvgIpc) is 2.41. The van der Waals surface area contributed by atoms with Gasteiger partial charge < -0.3 is 16.8 Å². The molecule has 0 radical (unpaired) electrons. The minimum Gasteiger partial charge on any atom is -0.397 e. The maximum Gasteiger partial charge on any atom is 0.250 e. The number of hydrogen-bond acceptors (Lipinski definition) is 5. The maximum absolute atomic E-state index is 11.2. The van der Waals surface area contributed by atoms with Crippen molar-refractivity contribution in [3.63, 3.8) is 0 Å². The van der Waals surface area contributed by atoms with Gasteiger partial charge in [-0.25, -0.2) is 4.98 Å². The minimum absolute atomic E-state index is 0.156. The van der Waals surface area contributed by atoms with E-state index < -0.39 is 5.91 Å². The number of carbonyl (C=O) groups excluding carboxylic acids is 1. The molecular weight excluding hydrogens is 278 g/mol. The third kappa shape index (κ3) is 2.79. The van der Waals surface area contributed by atoms with Gasteiger partial charge >= 0.3 is 0 Å². The van der Waals surface area contributed by atoms with Crippen molar-refractivity contribution in [2.75, 3.05) is 11.1 Å². The number of primary amides is 1. The van der Waals surface area contributed by atoms with Gasteiger partial charge in [0, 0.05) is 5.02 Å². The fraction of sp³-hybridized carbons (Fsp3) is 0. The summed E-state index contributed by atoms with van der Waals surface area (Å²) in [4.78, 5) is 15.2. The van der Waals surface area contributed by atoms with Gasteiger partial charge in [0.25, 0.3) is 5.91 Å². The molecule has 0 aliphatic carbocycles. The van der Waals surface area contributed by atoms with Gasteiger partial charge in [-0.1, -0.05) is 11.6 Å². The Hall–Kier alpha value is -2.78. The highest BCUT2D eigenvalue weighted by atomic mass is 35.5. The summed E-state index contributed by atoms with van der Waals surface area (Å²) in [7, 11) is 0. The van der Waals surface area contributed by atoms with Crippen molar-refractivity contribution in [3.05, 3.63) is 46.6 Å². The molecule has 0 aliphatic heterocycles. The second kappa shape index (κ2) is 5.47. The Bertz CT molecular complexity index is 723. The number of nitrogens with two attached hydrogens (primary N) is 2. The summed E-state index contributed by atoms with van der Waals surface area (Å²) < 4.78 is 0. The Morgan fingerprint density at radius 1 is 1.40 bits per heavy atom. The molecule has 0 atom stereocenters. The predicted octanol–water partition coefficient (Wildman–Crippen LogP) is 2.03. The lowest BCUT2D eigenvalue weighted by atomic mass is 10.2. The molecule has 0 saturated carbocycles. The second-order valence-electron chi connectivity index (χ2n) is 3.95. The van der Waals surface area contributed by atoms with Crippen LogP contribution in [-0.4, -0.2) is 10.9 Å². The lowest BCUT2D eigenvalue weighted by molar-refractivity contribution is 0.100. The van der Waals surface area contributed by atoms with Crippen molar-refractivity contribution in [2.24, 2.45) is 5.73 Å². The Balaban J connectivity index is 2.40. The van der Waals surface area contributed by atoms with Crippen LogP contribution in [0, 0.1) is 11.3 Å². The lowest BCUT2D eigenvalue weighted by Crippen LogP contribution is -2.14. The largest absolute Gasteiger partial charge is 0.397 e. The molecule has 0 aliphatic rings. The number of amides is 1. The fourth-order valence-corrected chi connectivity index (χ4v) is 1.78. The van der Waals surface area contributed by atoms with Gasteiger partial charge in [0.1, 0.15) is 11.9 Å². The number of aromatic nitrogens is 1. The predicted molar refractivity (Wildman–Crippen MR) is 76.6 cm³/mol. The number of benzene rings is 1. The third-order valence-electron chi connectivity index (χ3n) is 2.57. The topological polar surface area (TPSA) is 118 Å². The van der Waals surface area contributed by atoms with E-state index in [2.05, 4.69) is 10.3 Å². The monoisotopic (exact) mass is 287 g/mol. The highest BCUT2D eigenvalue weighted by Gasteiger charge is 2.09. The molecule has 2 rings (SSSR count). The quantitative estimate of drug-likeness (QED) is 0.798. The van der Waals surface area contributed by atoms with Crippen LogP contribution >= 0.6 is 11.6 Å². The van der Waals surface area contributed by atoms with Gasteiger partial charge in [0.05, 0.1) is 28.7 Å². The molecule has 0 saturated heterocycles. The zero-order chi connectivity index (χ0) is 14.7. The molecule has 1 heterocycles. The lowest BCUT2D eigenvalue weighted by Gasteiger charge is -2.09. The van der Waals surface area contributed by atoms with Gasteiger partial charge in [-0.15, -0.1) is 0 Å². The van der Waals surface area contributed by atoms with Crippen LogP contribution in [0.1, 0.15) is 15.9 Å². The number of halogens is 1. The first-order chi connectivity index (χ1) is 9.51. The van der Waals surface area contributed by atoms with Crippen molar-refractivity contribution >= 4 is 34.7 Å². The molecule has 7 heteroatoms. The number of nitrogen functional groups attached to an aromatic ring is 1. The first-order valence-corrected chi connectivity index (χ1v) is 5.91. The van der Waals surface area contributed by atoms with Crippen molar-refractivity contribution in [1.29, 1.82) is 5.26 Å². The zero-order valence-electron chi connectivity index (χ0n) is 10.2. The maximum atomic E-state index is 11.2. The Morgan fingerprint density at radius 3 is 2.80 bits per heavy atom. The zero-order valence-corrected chi connectivity index (χ0v) is 11.0. The summed E-state index contributed by atoms with van der Waals surface area (Å²) in [6.45, 7) is 0. The van der Waals surface area contributed by atoms with Crippen molar-refractivity contribution in [1.82, 2.24) is 4.98 Å². The van der Waals surface area contributed by atoms with Gasteiger partial charge in [0.2, 0.25) is 0 Å². The van der Waals surface area contributed by atoms with Crippen molar-refractivity contribution < 1.29 is 4.79 Å². The van der Waals surface area contributed by atoms with Gasteiger partial charge in [-0.3, -0.25) is 4.79 Å². The number of nitrogens with one attached hydrogen (secondary N) is 1. The van der Waals surface area contributed by atoms with Gasteiger partial charge in [0.15, 0.2) is 0 Å². The second-order valence-corrected chi connectivity index (χ2v) is 4.38. The van der Waals surface area contributed by atoms with E-state index in [1.54, 1.807) is 18.2 Å². The summed E-state index contributed by atoms with van der Waals surface area (Å²) in [5, 5.41) is 12.4. The molecule has 20 heavy (non-hydrogen) atoms. The van der Waals surface area contributed by atoms with E-state index in [4.69, 9.17) is 28.3 Å². The Morgan fingerprint density at radius 2 is 2.15 bits per heavy atom.